The number of rotatable bonds is 1. The number of hydrogen-bond acceptors (Lipinski definition) is 3. The van der Waals surface area contributed by atoms with Crippen molar-refractivity contribution in [2.24, 2.45) is 5.41 Å². The molecule has 1 N–H and O–H groups in total. The SMILES string of the molecule is CN1CCCC1C1NCC(C)(C)CO1.Cl. The minimum atomic E-state index is 0. The van der Waals surface area contributed by atoms with Gasteiger partial charge < -0.3 is 4.74 Å². The third-order valence-electron chi connectivity index (χ3n) is 3.36. The Hall–Kier alpha value is 0.170. The Bertz CT molecular complexity index is 201. The number of likely N-dealkylation sites (N-methyl/N-ethyl adjacent to an activating group) is 1. The highest BCUT2D eigenvalue weighted by atomic mass is 35.5. The van der Waals surface area contributed by atoms with E-state index in [-0.39, 0.29) is 18.6 Å². The van der Waals surface area contributed by atoms with Gasteiger partial charge in [0.1, 0.15) is 6.23 Å². The summed E-state index contributed by atoms with van der Waals surface area (Å²) in [5.74, 6) is 0. The molecule has 2 aliphatic heterocycles. The summed E-state index contributed by atoms with van der Waals surface area (Å²) in [6.07, 6.45) is 2.84. The van der Waals surface area contributed by atoms with Crippen molar-refractivity contribution in [2.45, 2.75) is 39.0 Å². The van der Waals surface area contributed by atoms with Gasteiger partial charge in [-0.05, 0) is 26.4 Å². The van der Waals surface area contributed by atoms with Gasteiger partial charge >= 0.3 is 0 Å². The first-order valence-electron chi connectivity index (χ1n) is 5.64. The second kappa shape index (κ2) is 5.00. The molecule has 0 saturated carbocycles. The van der Waals surface area contributed by atoms with Crippen LogP contribution in [0.15, 0.2) is 0 Å². The molecular formula is C11H23ClN2O. The van der Waals surface area contributed by atoms with E-state index in [0.29, 0.717) is 11.5 Å². The fourth-order valence-electron chi connectivity index (χ4n) is 2.37. The van der Waals surface area contributed by atoms with Crippen molar-refractivity contribution in [2.75, 3.05) is 26.7 Å². The van der Waals surface area contributed by atoms with Crippen LogP contribution < -0.4 is 5.32 Å². The Morgan fingerprint density at radius 1 is 1.40 bits per heavy atom. The number of nitrogens with one attached hydrogen (secondary N) is 1. The summed E-state index contributed by atoms with van der Waals surface area (Å²) in [5.41, 5.74) is 0.299. The van der Waals surface area contributed by atoms with Crippen molar-refractivity contribution in [3.8, 4) is 0 Å². The molecule has 2 saturated heterocycles. The maximum absolute atomic E-state index is 5.89. The van der Waals surface area contributed by atoms with Gasteiger partial charge in [0.25, 0.3) is 0 Å². The van der Waals surface area contributed by atoms with Gasteiger partial charge in [-0.15, -0.1) is 12.4 Å². The summed E-state index contributed by atoms with van der Waals surface area (Å²) in [7, 11) is 2.20. The van der Waals surface area contributed by atoms with Gasteiger partial charge in [0.05, 0.1) is 6.61 Å². The minimum absolute atomic E-state index is 0. The molecule has 2 atom stereocenters. The molecule has 0 aromatic carbocycles. The highest BCUT2D eigenvalue weighted by Crippen LogP contribution is 2.25. The predicted molar refractivity (Wildman–Crippen MR) is 64.4 cm³/mol. The van der Waals surface area contributed by atoms with Crippen molar-refractivity contribution in [3.63, 3.8) is 0 Å². The first kappa shape index (κ1) is 13.2. The summed E-state index contributed by atoms with van der Waals surface area (Å²) in [5, 5.41) is 3.52. The lowest BCUT2D eigenvalue weighted by Gasteiger charge is -2.39. The lowest BCUT2D eigenvalue weighted by Crippen LogP contribution is -2.55. The molecule has 90 valence electrons. The van der Waals surface area contributed by atoms with E-state index in [1.165, 1.54) is 19.4 Å². The Labute approximate surface area is 99.0 Å². The summed E-state index contributed by atoms with van der Waals surface area (Å²) >= 11 is 0. The Kier molecular flexibility index (Phi) is 4.41. The van der Waals surface area contributed by atoms with Gasteiger partial charge in [0, 0.05) is 18.0 Å². The molecule has 0 aliphatic carbocycles. The van der Waals surface area contributed by atoms with Crippen LogP contribution in [-0.2, 0) is 4.74 Å². The maximum atomic E-state index is 5.89. The molecule has 4 heteroatoms. The van der Waals surface area contributed by atoms with E-state index in [1.54, 1.807) is 0 Å². The predicted octanol–water partition coefficient (Wildman–Crippen LogP) is 1.47. The quantitative estimate of drug-likeness (QED) is 0.744. The fourth-order valence-corrected chi connectivity index (χ4v) is 2.37. The average molecular weight is 235 g/mol. The van der Waals surface area contributed by atoms with Crippen molar-refractivity contribution in [1.82, 2.24) is 10.2 Å². The Balaban J connectivity index is 0.00000112. The van der Waals surface area contributed by atoms with E-state index in [1.807, 2.05) is 0 Å². The van der Waals surface area contributed by atoms with E-state index < -0.39 is 0 Å². The van der Waals surface area contributed by atoms with Crippen molar-refractivity contribution >= 4 is 12.4 Å². The standard InChI is InChI=1S/C11H22N2O.ClH/c1-11(2)7-12-10(14-8-11)9-5-4-6-13(9)3;/h9-10,12H,4-8H2,1-3H3;1H. The Morgan fingerprint density at radius 2 is 2.13 bits per heavy atom. The van der Waals surface area contributed by atoms with Gasteiger partial charge in [-0.3, -0.25) is 10.2 Å². The number of ether oxygens (including phenoxy) is 1. The van der Waals surface area contributed by atoms with E-state index in [0.717, 1.165) is 13.2 Å². The molecule has 0 aromatic heterocycles. The lowest BCUT2D eigenvalue weighted by atomic mass is 9.93. The zero-order valence-corrected chi connectivity index (χ0v) is 10.8. The fraction of sp³-hybridized carbons (Fsp3) is 1.00. The average Bonchev–Trinajstić information content (AvgIpc) is 2.52. The van der Waals surface area contributed by atoms with Crippen LogP contribution in [0.25, 0.3) is 0 Å². The second-order valence-electron chi connectivity index (χ2n) is 5.47. The summed E-state index contributed by atoms with van der Waals surface area (Å²) in [6, 6.07) is 0.589. The Morgan fingerprint density at radius 3 is 2.60 bits per heavy atom. The molecule has 2 unspecified atom stereocenters. The van der Waals surface area contributed by atoms with Gasteiger partial charge in [0.2, 0.25) is 0 Å². The number of likely N-dealkylation sites (tertiary alicyclic amines) is 1. The van der Waals surface area contributed by atoms with Crippen LogP contribution >= 0.6 is 12.4 Å². The normalized spacial score (nSPS) is 36.2. The number of nitrogens with zero attached hydrogens (tertiary/aromatic N) is 1. The van der Waals surface area contributed by atoms with Gasteiger partial charge in [0.15, 0.2) is 0 Å². The molecular weight excluding hydrogens is 212 g/mol. The van der Waals surface area contributed by atoms with Crippen LogP contribution in [0.4, 0.5) is 0 Å². The molecule has 2 rings (SSSR count). The monoisotopic (exact) mass is 234 g/mol. The van der Waals surface area contributed by atoms with Crippen LogP contribution in [-0.4, -0.2) is 43.9 Å². The van der Waals surface area contributed by atoms with Crippen molar-refractivity contribution in [3.05, 3.63) is 0 Å². The van der Waals surface area contributed by atoms with E-state index >= 15 is 0 Å². The summed E-state index contributed by atoms with van der Waals surface area (Å²) < 4.78 is 5.89. The molecule has 2 aliphatic rings. The molecule has 2 fully saturated rings. The molecule has 0 aromatic rings. The topological polar surface area (TPSA) is 24.5 Å². The lowest BCUT2D eigenvalue weighted by molar-refractivity contribution is -0.0865. The van der Waals surface area contributed by atoms with Crippen molar-refractivity contribution in [1.29, 1.82) is 0 Å². The maximum Gasteiger partial charge on any atom is 0.123 e. The number of halogens is 1. The van der Waals surface area contributed by atoms with Crippen LogP contribution in [0.1, 0.15) is 26.7 Å². The summed E-state index contributed by atoms with van der Waals surface area (Å²) in [4.78, 5) is 2.41. The zero-order chi connectivity index (χ0) is 10.2. The molecule has 0 bridgehead atoms. The molecule has 0 amide bonds. The zero-order valence-electron chi connectivity index (χ0n) is 9.95. The molecule has 15 heavy (non-hydrogen) atoms. The first-order valence-corrected chi connectivity index (χ1v) is 5.64. The first-order chi connectivity index (χ1) is 6.58. The molecule has 3 nitrogen and oxygen atoms in total. The second-order valence-corrected chi connectivity index (χ2v) is 5.47. The molecule has 0 radical (unpaired) electrons. The highest BCUT2D eigenvalue weighted by Gasteiger charge is 2.35. The number of hydrogen-bond donors (Lipinski definition) is 1. The van der Waals surface area contributed by atoms with Gasteiger partial charge in [-0.2, -0.15) is 0 Å². The largest absolute Gasteiger partial charge is 0.361 e. The van der Waals surface area contributed by atoms with E-state index in [2.05, 4.69) is 31.1 Å². The third-order valence-corrected chi connectivity index (χ3v) is 3.36. The van der Waals surface area contributed by atoms with E-state index in [9.17, 15) is 0 Å². The van der Waals surface area contributed by atoms with E-state index in [4.69, 9.17) is 4.74 Å². The third kappa shape index (κ3) is 3.06. The van der Waals surface area contributed by atoms with Crippen LogP contribution in [0.5, 0.6) is 0 Å². The molecule has 2 heterocycles. The van der Waals surface area contributed by atoms with Gasteiger partial charge in [-0.25, -0.2) is 0 Å². The highest BCUT2D eigenvalue weighted by molar-refractivity contribution is 5.85. The van der Waals surface area contributed by atoms with Crippen molar-refractivity contribution < 1.29 is 4.74 Å². The van der Waals surface area contributed by atoms with Crippen LogP contribution in [0.2, 0.25) is 0 Å². The van der Waals surface area contributed by atoms with Crippen LogP contribution in [0.3, 0.4) is 0 Å². The smallest absolute Gasteiger partial charge is 0.123 e. The molecule has 0 spiro atoms. The van der Waals surface area contributed by atoms with Crippen LogP contribution in [0, 0.1) is 5.41 Å². The minimum Gasteiger partial charge on any atom is -0.361 e. The van der Waals surface area contributed by atoms with Gasteiger partial charge in [-0.1, -0.05) is 13.8 Å². The summed E-state index contributed by atoms with van der Waals surface area (Å²) in [6.45, 7) is 7.66.